The summed E-state index contributed by atoms with van der Waals surface area (Å²) in [6.45, 7) is 5.61. The molecule has 4 aliphatic rings. The van der Waals surface area contributed by atoms with Crippen LogP contribution >= 0.6 is 46.4 Å². The Labute approximate surface area is 397 Å². The van der Waals surface area contributed by atoms with Gasteiger partial charge in [0.1, 0.15) is 0 Å². The predicted octanol–water partition coefficient (Wildman–Crippen LogP) is 15.1. The van der Waals surface area contributed by atoms with Gasteiger partial charge in [0.25, 0.3) is 0 Å². The van der Waals surface area contributed by atoms with Gasteiger partial charge in [0.2, 0.25) is 0 Å². The van der Waals surface area contributed by atoms with Crippen molar-refractivity contribution in [3.05, 3.63) is 177 Å². The molecule has 7 heterocycles. The molecule has 0 radical (unpaired) electrons. The molecule has 2 fully saturated rings. The first-order valence-corrected chi connectivity index (χ1v) is 21.9. The van der Waals surface area contributed by atoms with E-state index >= 15 is 0 Å². The molecule has 0 saturated carbocycles. The minimum Gasteiger partial charge on any atom is -0.657 e. The van der Waals surface area contributed by atoms with Crippen LogP contribution in [0.25, 0.3) is 90.9 Å². The summed E-state index contributed by atoms with van der Waals surface area (Å²) in [5.74, 6) is 0. The summed E-state index contributed by atoms with van der Waals surface area (Å²) in [7, 11) is 0. The number of hydrogen-bond donors (Lipinski definition) is 0. The third kappa shape index (κ3) is 10.4. The van der Waals surface area contributed by atoms with Crippen molar-refractivity contribution in [2.24, 2.45) is 0 Å². The van der Waals surface area contributed by atoms with E-state index in [-0.39, 0.29) is 17.4 Å². The number of nitrogens with zero attached hydrogens (tertiary/aromatic N) is 4. The summed E-state index contributed by atoms with van der Waals surface area (Å²) >= 11 is 25.4. The van der Waals surface area contributed by atoms with Crippen LogP contribution in [0, 0.1) is 13.2 Å². The Bertz CT molecular complexity index is 2540. The molecule has 4 aromatic carbocycles. The number of rotatable bonds is 4. The normalized spacial score (nSPS) is 13.8. The number of fused-ring (bicyclic) bond motifs is 8. The van der Waals surface area contributed by atoms with E-state index in [1.54, 1.807) is 0 Å². The third-order valence-electron chi connectivity index (χ3n) is 10.5. The van der Waals surface area contributed by atoms with Crippen molar-refractivity contribution >= 4 is 92.8 Å². The van der Waals surface area contributed by atoms with Crippen LogP contribution in [0.5, 0.6) is 0 Å². The van der Waals surface area contributed by atoms with Gasteiger partial charge < -0.3 is 19.4 Å². The molecule has 11 rings (SSSR count). The standard InChI is InChI=1S/C44H24Cl4N4.2C4H7O.Cr/c45-29-9-1-25(2-10-29)41-33-17-19-35(49-33)42(26-3-11-30(46)12-4-26)37-21-23-39(51-37)44(28-7-15-32(48)16-8-28)40-24-22-38(52-40)43(36-20-18-34(41)50-36)27-5-13-31(47)14-6-27;2*1-2-4-5-3-1;/h1-24H;2*3H,1-2,4H2;/q-2;2*-1;+2. The molecule has 4 aliphatic heterocycles. The fourth-order valence-electron chi connectivity index (χ4n) is 7.57. The molecule has 0 amide bonds. The molecule has 8 bridgehead atoms. The molecule has 0 N–H and O–H groups in total. The van der Waals surface area contributed by atoms with Crippen LogP contribution in [0.3, 0.4) is 0 Å². The number of hydrogen-bond acceptors (Lipinski definition) is 4. The maximum atomic E-state index is 6.36. The quantitative estimate of drug-likeness (QED) is 0.164. The van der Waals surface area contributed by atoms with E-state index < -0.39 is 0 Å². The second-order valence-corrected chi connectivity index (χ2v) is 16.5. The van der Waals surface area contributed by atoms with E-state index in [2.05, 4.69) is 0 Å². The van der Waals surface area contributed by atoms with Crippen LogP contribution < -0.4 is 9.97 Å². The molecule has 2 saturated heterocycles. The molecule has 63 heavy (non-hydrogen) atoms. The number of benzene rings is 4. The minimum absolute atomic E-state index is 0. The molecule has 6 nitrogen and oxygen atoms in total. The Morgan fingerprint density at radius 3 is 0.825 bits per heavy atom. The van der Waals surface area contributed by atoms with Gasteiger partial charge in [-0.05, 0) is 117 Å². The summed E-state index contributed by atoms with van der Waals surface area (Å²) in [4.78, 5) is 21.1. The average molecular weight is 945 g/mol. The van der Waals surface area contributed by atoms with E-state index in [4.69, 9.17) is 75.8 Å². The topological polar surface area (TPSA) is 72.4 Å². The first kappa shape index (κ1) is 44.7. The maximum absolute atomic E-state index is 6.36. The van der Waals surface area contributed by atoms with Gasteiger partial charge in [-0.1, -0.05) is 132 Å². The van der Waals surface area contributed by atoms with Gasteiger partial charge in [0.05, 0.1) is 22.8 Å². The first-order valence-electron chi connectivity index (χ1n) is 20.3. The van der Waals surface area contributed by atoms with Crippen LogP contribution in [0.1, 0.15) is 48.5 Å². The van der Waals surface area contributed by atoms with E-state index in [0.717, 1.165) is 115 Å². The summed E-state index contributed by atoms with van der Waals surface area (Å²) in [5, 5.41) is 2.58. The van der Waals surface area contributed by atoms with Crippen LogP contribution in [0.4, 0.5) is 0 Å². The SMILES string of the molecule is Clc1ccc(-c2c3nc(c(-c4ccc(Cl)cc4)c4ccc([n-]4)c(-c4ccc(Cl)cc4)c4nc(c(-c5ccc(Cl)cc5)c5ccc2[n-]5)C=C4)C=C3)cc1.[CH-]1CCCO1.[CH-]1CCCO1.[Cr+2]. The van der Waals surface area contributed by atoms with Gasteiger partial charge in [0, 0.05) is 33.3 Å². The zero-order chi connectivity index (χ0) is 42.4. The smallest absolute Gasteiger partial charge is 0.657 e. The zero-order valence-electron chi connectivity index (χ0n) is 33.8. The van der Waals surface area contributed by atoms with Gasteiger partial charge in [-0.15, -0.1) is 22.1 Å². The molecular weight excluding hydrogens is 906 g/mol. The zero-order valence-corrected chi connectivity index (χ0v) is 38.1. The van der Waals surface area contributed by atoms with Crippen molar-refractivity contribution in [1.29, 1.82) is 0 Å². The van der Waals surface area contributed by atoms with Crippen molar-refractivity contribution < 1.29 is 26.8 Å². The van der Waals surface area contributed by atoms with Crippen molar-refractivity contribution in [2.45, 2.75) is 25.7 Å². The molecule has 0 aliphatic carbocycles. The van der Waals surface area contributed by atoms with Crippen LogP contribution in [0.2, 0.25) is 20.1 Å². The fraction of sp³-hybridized carbons (Fsp3) is 0.115. The fourth-order valence-corrected chi connectivity index (χ4v) is 8.07. The van der Waals surface area contributed by atoms with Crippen molar-refractivity contribution in [2.75, 3.05) is 13.2 Å². The van der Waals surface area contributed by atoms with E-state index in [9.17, 15) is 0 Å². The van der Waals surface area contributed by atoms with Gasteiger partial charge in [-0.3, -0.25) is 0 Å². The second kappa shape index (κ2) is 20.7. The Balaban J connectivity index is 0.000000438. The number of aromatic nitrogens is 4. The van der Waals surface area contributed by atoms with Gasteiger partial charge in [-0.2, -0.15) is 12.8 Å². The molecule has 7 aromatic rings. The Hall–Kier alpha value is -4.91. The molecule has 314 valence electrons. The van der Waals surface area contributed by atoms with Crippen molar-refractivity contribution in [3.8, 4) is 44.5 Å². The van der Waals surface area contributed by atoms with Crippen LogP contribution in [-0.4, -0.2) is 23.2 Å². The van der Waals surface area contributed by atoms with E-state index in [1.807, 2.05) is 159 Å². The summed E-state index contributed by atoms with van der Waals surface area (Å²) in [5.41, 5.74) is 13.4. The largest absolute Gasteiger partial charge is 2.00 e. The molecule has 11 heteroatoms. The average Bonchev–Trinajstić information content (AvgIpc) is 4.15. The van der Waals surface area contributed by atoms with Crippen LogP contribution in [0.15, 0.2) is 121 Å². The Morgan fingerprint density at radius 2 is 0.635 bits per heavy atom. The van der Waals surface area contributed by atoms with Crippen molar-refractivity contribution in [1.82, 2.24) is 19.9 Å². The van der Waals surface area contributed by atoms with Gasteiger partial charge in [-0.25, -0.2) is 23.2 Å². The molecule has 0 spiro atoms. The summed E-state index contributed by atoms with van der Waals surface area (Å²) in [6.07, 6.45) is 12.9. The molecule has 0 unspecified atom stereocenters. The van der Waals surface area contributed by atoms with E-state index in [0.29, 0.717) is 20.1 Å². The number of halogens is 4. The Morgan fingerprint density at radius 1 is 0.381 bits per heavy atom. The van der Waals surface area contributed by atoms with E-state index in [1.165, 1.54) is 12.8 Å². The van der Waals surface area contributed by atoms with Crippen LogP contribution in [-0.2, 0) is 26.8 Å². The van der Waals surface area contributed by atoms with Gasteiger partial charge >= 0.3 is 17.4 Å². The van der Waals surface area contributed by atoms with Gasteiger partial charge in [0.15, 0.2) is 0 Å². The molecule has 0 atom stereocenters. The second-order valence-electron chi connectivity index (χ2n) is 14.7. The minimum atomic E-state index is 0. The Kier molecular flexibility index (Phi) is 14.7. The summed E-state index contributed by atoms with van der Waals surface area (Å²) in [6, 6.07) is 39.2. The van der Waals surface area contributed by atoms with Crippen molar-refractivity contribution in [3.63, 3.8) is 0 Å². The number of ether oxygens (including phenoxy) is 2. The monoisotopic (exact) mass is 942 g/mol. The summed E-state index contributed by atoms with van der Waals surface area (Å²) < 4.78 is 9.64. The third-order valence-corrected chi connectivity index (χ3v) is 11.6. The molecule has 3 aromatic heterocycles. The maximum Gasteiger partial charge on any atom is 2.00 e. The first-order chi connectivity index (χ1) is 30.4. The molecular formula is C52H38Cl4CrN4O2-2. The predicted molar refractivity (Wildman–Crippen MR) is 258 cm³/mol.